The molecule has 4 nitrogen and oxygen atoms in total. The third-order valence-electron chi connectivity index (χ3n) is 3.62. The van der Waals surface area contributed by atoms with Gasteiger partial charge in [0.2, 0.25) is 5.91 Å². The van der Waals surface area contributed by atoms with E-state index in [4.69, 9.17) is 10.5 Å². The highest BCUT2D eigenvalue weighted by Gasteiger charge is 2.32. The molecule has 100 valence electrons. The van der Waals surface area contributed by atoms with Gasteiger partial charge in [-0.3, -0.25) is 4.79 Å². The molecule has 1 fully saturated rings. The normalized spacial score (nSPS) is 22.8. The quantitative estimate of drug-likeness (QED) is 0.774. The fourth-order valence-corrected chi connectivity index (χ4v) is 2.64. The Bertz CT molecular complexity index is 253. The van der Waals surface area contributed by atoms with Gasteiger partial charge in [-0.25, -0.2) is 0 Å². The standard InChI is InChI=1S/C12H24N2O2S/c1-9(10(2)13)11(15)14-8-12(17-3)4-6-16-7-5-12/h9-10H,4-8,13H2,1-3H3,(H,14,15). The molecule has 3 N–H and O–H groups in total. The summed E-state index contributed by atoms with van der Waals surface area (Å²) in [6.07, 6.45) is 4.11. The third kappa shape index (κ3) is 4.16. The zero-order valence-corrected chi connectivity index (χ0v) is 11.8. The lowest BCUT2D eigenvalue weighted by molar-refractivity contribution is -0.125. The van der Waals surface area contributed by atoms with Crippen molar-refractivity contribution >= 4 is 17.7 Å². The average molecular weight is 260 g/mol. The molecule has 1 amide bonds. The van der Waals surface area contributed by atoms with Gasteiger partial charge < -0.3 is 15.8 Å². The molecule has 1 rings (SSSR count). The van der Waals surface area contributed by atoms with Crippen LogP contribution in [0.25, 0.3) is 0 Å². The van der Waals surface area contributed by atoms with Crippen molar-refractivity contribution in [1.29, 1.82) is 0 Å². The number of hydrogen-bond donors (Lipinski definition) is 2. The smallest absolute Gasteiger partial charge is 0.224 e. The molecule has 1 saturated heterocycles. The minimum atomic E-state index is -0.131. The van der Waals surface area contributed by atoms with Crippen LogP contribution in [-0.2, 0) is 9.53 Å². The van der Waals surface area contributed by atoms with Crippen molar-refractivity contribution in [1.82, 2.24) is 5.32 Å². The second-order valence-electron chi connectivity index (χ2n) is 4.87. The Morgan fingerprint density at radius 3 is 2.53 bits per heavy atom. The van der Waals surface area contributed by atoms with Gasteiger partial charge in [-0.15, -0.1) is 0 Å². The molecule has 0 saturated carbocycles. The summed E-state index contributed by atoms with van der Waals surface area (Å²) in [5.41, 5.74) is 5.72. The van der Waals surface area contributed by atoms with Crippen molar-refractivity contribution in [2.75, 3.05) is 26.0 Å². The minimum Gasteiger partial charge on any atom is -0.381 e. The van der Waals surface area contributed by atoms with Crippen molar-refractivity contribution in [2.45, 2.75) is 37.5 Å². The highest BCUT2D eigenvalue weighted by Crippen LogP contribution is 2.33. The van der Waals surface area contributed by atoms with Gasteiger partial charge in [0, 0.05) is 36.5 Å². The molecule has 1 aliphatic heterocycles. The molecule has 2 unspecified atom stereocenters. The monoisotopic (exact) mass is 260 g/mol. The van der Waals surface area contributed by atoms with Crippen molar-refractivity contribution in [3.05, 3.63) is 0 Å². The lowest BCUT2D eigenvalue weighted by atomic mass is 9.98. The molecule has 17 heavy (non-hydrogen) atoms. The summed E-state index contributed by atoms with van der Waals surface area (Å²) in [5, 5.41) is 3.03. The average Bonchev–Trinajstić information content (AvgIpc) is 2.36. The Balaban J connectivity index is 2.44. The molecule has 5 heteroatoms. The van der Waals surface area contributed by atoms with E-state index in [9.17, 15) is 4.79 Å². The van der Waals surface area contributed by atoms with E-state index in [2.05, 4.69) is 11.6 Å². The van der Waals surface area contributed by atoms with Crippen LogP contribution < -0.4 is 11.1 Å². The van der Waals surface area contributed by atoms with Crippen molar-refractivity contribution in [2.24, 2.45) is 11.7 Å². The van der Waals surface area contributed by atoms with E-state index in [-0.39, 0.29) is 22.6 Å². The third-order valence-corrected chi connectivity index (χ3v) is 5.04. The van der Waals surface area contributed by atoms with Crippen LogP contribution >= 0.6 is 11.8 Å². The summed E-state index contributed by atoms with van der Waals surface area (Å²) < 4.78 is 5.52. The van der Waals surface area contributed by atoms with Gasteiger partial charge in [0.05, 0.1) is 0 Å². The SMILES string of the molecule is CSC1(CNC(=O)C(C)C(C)N)CCOCC1. The van der Waals surface area contributed by atoms with E-state index >= 15 is 0 Å². The van der Waals surface area contributed by atoms with Gasteiger partial charge in [-0.2, -0.15) is 11.8 Å². The Hall–Kier alpha value is -0.260. The number of carbonyl (C=O) groups excluding carboxylic acids is 1. The minimum absolute atomic E-state index is 0.0555. The van der Waals surface area contributed by atoms with E-state index in [1.165, 1.54) is 0 Å². The number of nitrogens with one attached hydrogen (secondary N) is 1. The van der Waals surface area contributed by atoms with E-state index in [0.717, 1.165) is 26.1 Å². The number of ether oxygens (including phenoxy) is 1. The molecular formula is C12H24N2O2S. The summed E-state index contributed by atoms with van der Waals surface area (Å²) in [4.78, 5) is 11.9. The van der Waals surface area contributed by atoms with Gasteiger partial charge >= 0.3 is 0 Å². The summed E-state index contributed by atoms with van der Waals surface area (Å²) in [6, 6.07) is -0.102. The van der Waals surface area contributed by atoms with Gasteiger partial charge in [-0.05, 0) is 26.0 Å². The summed E-state index contributed by atoms with van der Waals surface area (Å²) >= 11 is 1.83. The zero-order chi connectivity index (χ0) is 12.9. The van der Waals surface area contributed by atoms with Crippen molar-refractivity contribution in [3.8, 4) is 0 Å². The number of carbonyl (C=O) groups is 1. The van der Waals surface area contributed by atoms with Crippen molar-refractivity contribution < 1.29 is 9.53 Å². The van der Waals surface area contributed by atoms with E-state index in [1.54, 1.807) is 0 Å². The Morgan fingerprint density at radius 1 is 1.47 bits per heavy atom. The lowest BCUT2D eigenvalue weighted by Gasteiger charge is -2.36. The zero-order valence-electron chi connectivity index (χ0n) is 11.0. The first-order valence-electron chi connectivity index (χ1n) is 6.17. The van der Waals surface area contributed by atoms with Crippen LogP contribution in [-0.4, -0.2) is 42.7 Å². The van der Waals surface area contributed by atoms with Crippen LogP contribution in [0.15, 0.2) is 0 Å². The molecule has 0 radical (unpaired) electrons. The van der Waals surface area contributed by atoms with Crippen LogP contribution in [0.2, 0.25) is 0 Å². The second kappa shape index (κ2) is 6.61. The van der Waals surface area contributed by atoms with Gasteiger partial charge in [0.25, 0.3) is 0 Å². The van der Waals surface area contributed by atoms with E-state index in [0.29, 0.717) is 6.54 Å². The molecular weight excluding hydrogens is 236 g/mol. The summed E-state index contributed by atoms with van der Waals surface area (Å²) in [6.45, 7) is 6.03. The maximum atomic E-state index is 11.9. The molecule has 0 aromatic rings. The van der Waals surface area contributed by atoms with Crippen LogP contribution in [0, 0.1) is 5.92 Å². The highest BCUT2D eigenvalue weighted by atomic mass is 32.2. The molecule has 0 aromatic carbocycles. The van der Waals surface area contributed by atoms with E-state index < -0.39 is 0 Å². The highest BCUT2D eigenvalue weighted by molar-refractivity contribution is 8.00. The van der Waals surface area contributed by atoms with Crippen LogP contribution in [0.4, 0.5) is 0 Å². The topological polar surface area (TPSA) is 64.4 Å². The van der Waals surface area contributed by atoms with Crippen LogP contribution in [0.1, 0.15) is 26.7 Å². The molecule has 1 heterocycles. The van der Waals surface area contributed by atoms with E-state index in [1.807, 2.05) is 25.6 Å². The van der Waals surface area contributed by atoms with Gasteiger partial charge in [-0.1, -0.05) is 6.92 Å². The first-order chi connectivity index (χ1) is 8.01. The fraction of sp³-hybridized carbons (Fsp3) is 0.917. The predicted octanol–water partition coefficient (Wildman–Crippen LogP) is 0.998. The first-order valence-corrected chi connectivity index (χ1v) is 7.39. The Morgan fingerprint density at radius 2 is 2.06 bits per heavy atom. The summed E-state index contributed by atoms with van der Waals surface area (Å²) in [7, 11) is 0. The van der Waals surface area contributed by atoms with Gasteiger partial charge in [0.15, 0.2) is 0 Å². The number of rotatable bonds is 5. The maximum Gasteiger partial charge on any atom is 0.224 e. The molecule has 0 aromatic heterocycles. The fourth-order valence-electron chi connectivity index (χ4n) is 1.84. The largest absolute Gasteiger partial charge is 0.381 e. The lowest BCUT2D eigenvalue weighted by Crippen LogP contribution is -2.47. The molecule has 2 atom stereocenters. The first kappa shape index (κ1) is 14.8. The maximum absolute atomic E-state index is 11.9. The molecule has 0 spiro atoms. The second-order valence-corrected chi connectivity index (χ2v) is 6.14. The Kier molecular flexibility index (Phi) is 5.76. The van der Waals surface area contributed by atoms with Crippen LogP contribution in [0.3, 0.4) is 0 Å². The number of thioether (sulfide) groups is 1. The number of nitrogens with two attached hydrogens (primary N) is 1. The number of hydrogen-bond acceptors (Lipinski definition) is 4. The van der Waals surface area contributed by atoms with Crippen molar-refractivity contribution in [3.63, 3.8) is 0 Å². The predicted molar refractivity (Wildman–Crippen MR) is 72.1 cm³/mol. The molecule has 1 aliphatic rings. The summed E-state index contributed by atoms with van der Waals surface area (Å²) in [5.74, 6) is -0.0753. The molecule has 0 aliphatic carbocycles. The van der Waals surface area contributed by atoms with Gasteiger partial charge in [0.1, 0.15) is 0 Å². The molecule has 0 bridgehead atoms. The Labute approximate surface area is 108 Å². The number of amides is 1. The van der Waals surface area contributed by atoms with Crippen LogP contribution in [0.5, 0.6) is 0 Å².